The molecule has 144 valence electrons. The van der Waals surface area contributed by atoms with Gasteiger partial charge in [-0.3, -0.25) is 9.59 Å². The second kappa shape index (κ2) is 8.79. The summed E-state index contributed by atoms with van der Waals surface area (Å²) >= 11 is 0. The van der Waals surface area contributed by atoms with Crippen molar-refractivity contribution in [1.82, 2.24) is 19.8 Å². The van der Waals surface area contributed by atoms with E-state index in [4.69, 9.17) is 9.47 Å². The van der Waals surface area contributed by atoms with Crippen LogP contribution >= 0.6 is 0 Å². The molecule has 1 fully saturated rings. The lowest BCUT2D eigenvalue weighted by Gasteiger charge is -2.32. The molecule has 2 amide bonds. The van der Waals surface area contributed by atoms with Gasteiger partial charge >= 0.3 is 0 Å². The van der Waals surface area contributed by atoms with Crippen molar-refractivity contribution in [3.8, 4) is 5.69 Å². The minimum absolute atomic E-state index is 0.0347. The number of benzene rings is 1. The zero-order chi connectivity index (χ0) is 19.2. The summed E-state index contributed by atoms with van der Waals surface area (Å²) in [6, 6.07) is 7.08. The van der Waals surface area contributed by atoms with Gasteiger partial charge in [-0.15, -0.1) is 0 Å². The van der Waals surface area contributed by atoms with Gasteiger partial charge in [0.05, 0.1) is 19.0 Å². The summed E-state index contributed by atoms with van der Waals surface area (Å²) in [4.78, 5) is 29.8. The number of amides is 2. The van der Waals surface area contributed by atoms with Gasteiger partial charge in [-0.2, -0.15) is 0 Å². The second-order valence-electron chi connectivity index (χ2n) is 6.60. The quantitative estimate of drug-likeness (QED) is 0.813. The van der Waals surface area contributed by atoms with Gasteiger partial charge in [0, 0.05) is 44.3 Å². The third kappa shape index (κ3) is 4.93. The summed E-state index contributed by atoms with van der Waals surface area (Å²) < 4.78 is 13.0. The normalized spacial score (nSPS) is 19.5. The molecule has 0 radical (unpaired) electrons. The van der Waals surface area contributed by atoms with Gasteiger partial charge in [0.2, 0.25) is 5.91 Å². The molecule has 1 N–H and O–H groups in total. The van der Waals surface area contributed by atoms with Crippen LogP contribution in [0.1, 0.15) is 16.8 Å². The van der Waals surface area contributed by atoms with Crippen molar-refractivity contribution in [3.05, 3.63) is 48.5 Å². The summed E-state index contributed by atoms with van der Waals surface area (Å²) in [6.07, 6.45) is 5.53. The molecule has 2 atom stereocenters. The van der Waals surface area contributed by atoms with Crippen LogP contribution in [0.15, 0.2) is 43.0 Å². The Morgan fingerprint density at radius 2 is 2.11 bits per heavy atom. The molecule has 2 aromatic rings. The standard InChI is InChI=1S/C19H24N4O4/c1-22(2)18(24)12-27-17-11-26-10-7-16(17)21-19(25)14-3-5-15(6-4-14)23-9-8-20-13-23/h3-6,8-9,13,16-17H,7,10-12H2,1-2H3,(H,21,25)/t16-,17-/m1/s1. The number of rotatable bonds is 6. The third-order valence-electron chi connectivity index (χ3n) is 4.47. The van der Waals surface area contributed by atoms with Crippen molar-refractivity contribution in [3.63, 3.8) is 0 Å². The molecule has 1 aliphatic rings. The van der Waals surface area contributed by atoms with Crippen LogP contribution in [0.4, 0.5) is 0 Å². The fourth-order valence-corrected chi connectivity index (χ4v) is 2.80. The SMILES string of the molecule is CN(C)C(=O)CO[C@@H]1COCC[C@H]1NC(=O)c1ccc(-n2ccnc2)cc1. The zero-order valence-corrected chi connectivity index (χ0v) is 15.5. The molecule has 27 heavy (non-hydrogen) atoms. The van der Waals surface area contributed by atoms with Gasteiger partial charge in [0.15, 0.2) is 0 Å². The number of aromatic nitrogens is 2. The average Bonchev–Trinajstić information content (AvgIpc) is 3.22. The number of nitrogens with one attached hydrogen (secondary N) is 1. The van der Waals surface area contributed by atoms with E-state index in [1.54, 1.807) is 38.8 Å². The van der Waals surface area contributed by atoms with Crippen LogP contribution in [0, 0.1) is 0 Å². The maximum atomic E-state index is 12.6. The average molecular weight is 372 g/mol. The summed E-state index contributed by atoms with van der Waals surface area (Å²) in [7, 11) is 3.35. The predicted molar refractivity (Wildman–Crippen MR) is 98.7 cm³/mol. The van der Waals surface area contributed by atoms with Crippen LogP contribution < -0.4 is 5.32 Å². The van der Waals surface area contributed by atoms with Gasteiger partial charge in [-0.1, -0.05) is 0 Å². The van der Waals surface area contributed by atoms with Crippen molar-refractivity contribution >= 4 is 11.8 Å². The minimum Gasteiger partial charge on any atom is -0.379 e. The largest absolute Gasteiger partial charge is 0.379 e. The highest BCUT2D eigenvalue weighted by Crippen LogP contribution is 2.14. The summed E-state index contributed by atoms with van der Waals surface area (Å²) in [5, 5.41) is 3.00. The molecule has 1 aromatic heterocycles. The van der Waals surface area contributed by atoms with Crippen LogP contribution in [-0.4, -0.2) is 72.3 Å². The van der Waals surface area contributed by atoms with Gasteiger partial charge < -0.3 is 24.3 Å². The lowest BCUT2D eigenvalue weighted by atomic mass is 10.0. The van der Waals surface area contributed by atoms with E-state index in [9.17, 15) is 9.59 Å². The monoisotopic (exact) mass is 372 g/mol. The number of carbonyl (C=O) groups is 2. The van der Waals surface area contributed by atoms with E-state index in [2.05, 4.69) is 10.3 Å². The van der Waals surface area contributed by atoms with Crippen LogP contribution in [0.5, 0.6) is 0 Å². The first-order valence-electron chi connectivity index (χ1n) is 8.83. The fourth-order valence-electron chi connectivity index (χ4n) is 2.80. The second-order valence-corrected chi connectivity index (χ2v) is 6.60. The molecular weight excluding hydrogens is 348 g/mol. The first-order valence-corrected chi connectivity index (χ1v) is 8.83. The van der Waals surface area contributed by atoms with E-state index in [1.165, 1.54) is 4.90 Å². The molecule has 0 aliphatic carbocycles. The zero-order valence-electron chi connectivity index (χ0n) is 15.5. The summed E-state index contributed by atoms with van der Waals surface area (Å²) in [5.74, 6) is -0.299. The maximum Gasteiger partial charge on any atom is 0.251 e. The van der Waals surface area contributed by atoms with Gasteiger partial charge in [0.1, 0.15) is 12.7 Å². The molecule has 0 unspecified atom stereocenters. The van der Waals surface area contributed by atoms with Crippen LogP contribution in [0.3, 0.4) is 0 Å². The molecular formula is C19H24N4O4. The third-order valence-corrected chi connectivity index (χ3v) is 4.47. The van der Waals surface area contributed by atoms with E-state index >= 15 is 0 Å². The molecule has 0 saturated carbocycles. The topological polar surface area (TPSA) is 85.7 Å². The molecule has 1 saturated heterocycles. The lowest BCUT2D eigenvalue weighted by molar-refractivity contribution is -0.140. The molecule has 8 heteroatoms. The molecule has 1 aliphatic heterocycles. The van der Waals surface area contributed by atoms with Crippen molar-refractivity contribution < 1.29 is 19.1 Å². The Morgan fingerprint density at radius 3 is 2.78 bits per heavy atom. The molecule has 0 spiro atoms. The minimum atomic E-state index is -0.350. The Balaban J connectivity index is 1.60. The van der Waals surface area contributed by atoms with Crippen LogP contribution in [-0.2, 0) is 14.3 Å². The number of likely N-dealkylation sites (N-methyl/N-ethyl adjacent to an activating group) is 1. The smallest absolute Gasteiger partial charge is 0.251 e. The highest BCUT2D eigenvalue weighted by atomic mass is 16.5. The van der Waals surface area contributed by atoms with Crippen molar-refractivity contribution in [2.45, 2.75) is 18.6 Å². The van der Waals surface area contributed by atoms with E-state index in [0.717, 1.165) is 5.69 Å². The molecule has 3 rings (SSSR count). The fraction of sp³-hybridized carbons (Fsp3) is 0.421. The number of nitrogens with zero attached hydrogens (tertiary/aromatic N) is 3. The number of imidazole rings is 1. The van der Waals surface area contributed by atoms with E-state index < -0.39 is 0 Å². The first-order chi connectivity index (χ1) is 13.0. The number of ether oxygens (including phenoxy) is 2. The molecule has 0 bridgehead atoms. The molecule has 1 aromatic carbocycles. The highest BCUT2D eigenvalue weighted by molar-refractivity contribution is 5.94. The number of carbonyl (C=O) groups excluding carboxylic acids is 2. The van der Waals surface area contributed by atoms with Gasteiger partial charge in [-0.05, 0) is 30.7 Å². The molecule has 2 heterocycles. The summed E-state index contributed by atoms with van der Waals surface area (Å²) in [5.41, 5.74) is 1.49. The summed E-state index contributed by atoms with van der Waals surface area (Å²) in [6.45, 7) is 0.865. The predicted octanol–water partition coefficient (Wildman–Crippen LogP) is 0.864. The van der Waals surface area contributed by atoms with E-state index in [0.29, 0.717) is 25.2 Å². The van der Waals surface area contributed by atoms with Crippen LogP contribution in [0.2, 0.25) is 0 Å². The highest BCUT2D eigenvalue weighted by Gasteiger charge is 2.29. The lowest BCUT2D eigenvalue weighted by Crippen LogP contribution is -2.50. The Labute approximate surface area is 158 Å². The van der Waals surface area contributed by atoms with Gasteiger partial charge in [0.25, 0.3) is 5.91 Å². The van der Waals surface area contributed by atoms with Gasteiger partial charge in [-0.25, -0.2) is 4.98 Å². The number of hydrogen-bond acceptors (Lipinski definition) is 5. The Morgan fingerprint density at radius 1 is 1.33 bits per heavy atom. The van der Waals surface area contributed by atoms with E-state index in [1.807, 2.05) is 22.9 Å². The Hall–Kier alpha value is -2.71. The van der Waals surface area contributed by atoms with Crippen LogP contribution in [0.25, 0.3) is 5.69 Å². The first kappa shape index (κ1) is 19.1. The Bertz CT molecular complexity index is 759. The maximum absolute atomic E-state index is 12.6. The van der Waals surface area contributed by atoms with Crippen molar-refractivity contribution in [2.24, 2.45) is 0 Å². The molecule has 8 nitrogen and oxygen atoms in total. The van der Waals surface area contributed by atoms with Crippen molar-refractivity contribution in [2.75, 3.05) is 33.9 Å². The Kier molecular flexibility index (Phi) is 6.20. The van der Waals surface area contributed by atoms with E-state index in [-0.39, 0.29) is 30.6 Å². The number of hydrogen-bond donors (Lipinski definition) is 1. The van der Waals surface area contributed by atoms with Crippen molar-refractivity contribution in [1.29, 1.82) is 0 Å².